The first-order valence-electron chi connectivity index (χ1n) is 9.33. The summed E-state index contributed by atoms with van der Waals surface area (Å²) in [4.78, 5) is 26.6. The van der Waals surface area contributed by atoms with Crippen LogP contribution in [0.1, 0.15) is 48.9 Å². The number of carbonyl (C=O) groups excluding carboxylic acids is 2. The van der Waals surface area contributed by atoms with Gasteiger partial charge in [0.25, 0.3) is 5.91 Å². The molecule has 7 nitrogen and oxygen atoms in total. The minimum absolute atomic E-state index is 0.0110. The standard InChI is InChI=1S/C19H25NO6S/c21-17-8-6-14(7-9-17)19(23)26-12-18(22)20(15-4-2-1-3-5-15)16-10-11-27(24,25)13-16/h6-9,15-16,21H,1-5,10-13H2/t16-/m0/s1. The van der Waals surface area contributed by atoms with Gasteiger partial charge < -0.3 is 14.7 Å². The van der Waals surface area contributed by atoms with Crippen molar-refractivity contribution in [3.05, 3.63) is 29.8 Å². The summed E-state index contributed by atoms with van der Waals surface area (Å²) in [6.45, 7) is -0.410. The highest BCUT2D eigenvalue weighted by atomic mass is 32.2. The summed E-state index contributed by atoms with van der Waals surface area (Å²) in [5.41, 5.74) is 0.244. The van der Waals surface area contributed by atoms with E-state index in [1.165, 1.54) is 24.3 Å². The highest BCUT2D eigenvalue weighted by Gasteiger charge is 2.38. The summed E-state index contributed by atoms with van der Waals surface area (Å²) >= 11 is 0. The Kier molecular flexibility index (Phi) is 6.04. The van der Waals surface area contributed by atoms with E-state index in [-0.39, 0.29) is 40.8 Å². The topological polar surface area (TPSA) is 101 Å². The average Bonchev–Trinajstić information content (AvgIpc) is 3.00. The predicted molar refractivity (Wildman–Crippen MR) is 99.2 cm³/mol. The maximum Gasteiger partial charge on any atom is 0.338 e. The van der Waals surface area contributed by atoms with Gasteiger partial charge >= 0.3 is 5.97 Å². The second-order valence-electron chi connectivity index (χ2n) is 7.27. The van der Waals surface area contributed by atoms with Crippen LogP contribution in [0.5, 0.6) is 5.75 Å². The summed E-state index contributed by atoms with van der Waals surface area (Å²) in [5, 5.41) is 9.28. The van der Waals surface area contributed by atoms with Crippen LogP contribution in [-0.4, -0.2) is 60.5 Å². The van der Waals surface area contributed by atoms with E-state index >= 15 is 0 Å². The molecular weight excluding hydrogens is 370 g/mol. The number of amides is 1. The maximum absolute atomic E-state index is 12.8. The van der Waals surface area contributed by atoms with Gasteiger partial charge in [-0.05, 0) is 43.5 Å². The molecule has 0 spiro atoms. The van der Waals surface area contributed by atoms with Crippen LogP contribution >= 0.6 is 0 Å². The summed E-state index contributed by atoms with van der Waals surface area (Å²) in [6.07, 6.45) is 5.30. The minimum atomic E-state index is -3.12. The molecule has 3 rings (SSSR count). The molecule has 2 aliphatic rings. The molecule has 8 heteroatoms. The number of rotatable bonds is 5. The van der Waals surface area contributed by atoms with Crippen molar-refractivity contribution in [2.75, 3.05) is 18.1 Å². The van der Waals surface area contributed by atoms with E-state index in [9.17, 15) is 23.1 Å². The van der Waals surface area contributed by atoms with Gasteiger partial charge in [0, 0.05) is 12.1 Å². The van der Waals surface area contributed by atoms with Crippen molar-refractivity contribution in [2.45, 2.75) is 50.6 Å². The summed E-state index contributed by atoms with van der Waals surface area (Å²) in [5.74, 6) is -0.863. The number of aromatic hydroxyl groups is 1. The highest BCUT2D eigenvalue weighted by Crippen LogP contribution is 2.28. The lowest BCUT2D eigenvalue weighted by Crippen LogP contribution is -2.50. The first kappa shape index (κ1) is 19.7. The Bertz CT molecular complexity index is 783. The van der Waals surface area contributed by atoms with Gasteiger partial charge in [0.15, 0.2) is 16.4 Å². The third-order valence-corrected chi connectivity index (χ3v) is 7.04. The molecule has 1 atom stereocenters. The molecule has 1 saturated carbocycles. The van der Waals surface area contributed by atoms with Gasteiger partial charge in [-0.3, -0.25) is 4.79 Å². The van der Waals surface area contributed by atoms with Gasteiger partial charge in [-0.2, -0.15) is 0 Å². The highest BCUT2D eigenvalue weighted by molar-refractivity contribution is 7.91. The summed E-state index contributed by atoms with van der Waals surface area (Å²) in [6, 6.07) is 5.26. The zero-order valence-corrected chi connectivity index (χ0v) is 16.0. The number of hydrogen-bond donors (Lipinski definition) is 1. The van der Waals surface area contributed by atoms with Gasteiger partial charge in [0.2, 0.25) is 0 Å². The molecule has 0 aromatic heterocycles. The molecule has 1 amide bonds. The Morgan fingerprint density at radius 3 is 2.30 bits per heavy atom. The second kappa shape index (κ2) is 8.29. The van der Waals surface area contributed by atoms with E-state index in [0.717, 1.165) is 32.1 Å². The largest absolute Gasteiger partial charge is 0.508 e. The van der Waals surface area contributed by atoms with Crippen molar-refractivity contribution in [3.63, 3.8) is 0 Å². The van der Waals surface area contributed by atoms with Crippen LogP contribution < -0.4 is 0 Å². The molecule has 2 fully saturated rings. The van der Waals surface area contributed by atoms with E-state index in [1.54, 1.807) is 4.90 Å². The van der Waals surface area contributed by atoms with E-state index in [2.05, 4.69) is 0 Å². The molecule has 1 aliphatic carbocycles. The van der Waals surface area contributed by atoms with Gasteiger partial charge in [-0.15, -0.1) is 0 Å². The fourth-order valence-electron chi connectivity index (χ4n) is 3.94. The molecule has 1 saturated heterocycles. The number of nitrogens with zero attached hydrogens (tertiary/aromatic N) is 1. The maximum atomic E-state index is 12.8. The molecule has 0 radical (unpaired) electrons. The molecule has 1 heterocycles. The Morgan fingerprint density at radius 1 is 1.04 bits per heavy atom. The molecule has 148 valence electrons. The molecule has 0 unspecified atom stereocenters. The van der Waals surface area contributed by atoms with Crippen LogP contribution in [-0.2, 0) is 19.4 Å². The first-order valence-corrected chi connectivity index (χ1v) is 11.2. The third kappa shape index (κ3) is 5.00. The number of hydrogen-bond acceptors (Lipinski definition) is 6. The second-order valence-corrected chi connectivity index (χ2v) is 9.50. The van der Waals surface area contributed by atoms with Crippen molar-refractivity contribution < 1.29 is 27.9 Å². The first-order chi connectivity index (χ1) is 12.9. The van der Waals surface area contributed by atoms with Gasteiger partial charge in [0.1, 0.15) is 5.75 Å². The number of sulfone groups is 1. The van der Waals surface area contributed by atoms with E-state index in [0.29, 0.717) is 6.42 Å². The fourth-order valence-corrected chi connectivity index (χ4v) is 5.65. The fraction of sp³-hybridized carbons (Fsp3) is 0.579. The third-order valence-electron chi connectivity index (χ3n) is 5.29. The quantitative estimate of drug-likeness (QED) is 0.764. The SMILES string of the molecule is O=C(OCC(=O)N(C1CCCCC1)[C@H]1CCS(=O)(=O)C1)c1ccc(O)cc1. The van der Waals surface area contributed by atoms with Crippen molar-refractivity contribution in [3.8, 4) is 5.75 Å². The smallest absolute Gasteiger partial charge is 0.338 e. The van der Waals surface area contributed by atoms with Gasteiger partial charge in [-0.1, -0.05) is 19.3 Å². The Morgan fingerprint density at radius 2 is 1.70 bits per heavy atom. The van der Waals surface area contributed by atoms with Crippen molar-refractivity contribution in [2.24, 2.45) is 0 Å². The number of phenols is 1. The minimum Gasteiger partial charge on any atom is -0.508 e. The van der Waals surface area contributed by atoms with Gasteiger partial charge in [-0.25, -0.2) is 13.2 Å². The lowest BCUT2D eigenvalue weighted by Gasteiger charge is -2.38. The number of benzene rings is 1. The Balaban J connectivity index is 1.67. The van der Waals surface area contributed by atoms with E-state index < -0.39 is 22.4 Å². The van der Waals surface area contributed by atoms with E-state index in [4.69, 9.17) is 4.74 Å². The molecule has 27 heavy (non-hydrogen) atoms. The number of ether oxygens (including phenoxy) is 1. The number of carbonyl (C=O) groups is 2. The number of phenolic OH excluding ortho intramolecular Hbond substituents is 1. The predicted octanol–water partition coefficient (Wildman–Crippen LogP) is 1.90. The zero-order valence-electron chi connectivity index (χ0n) is 15.2. The Hall–Kier alpha value is -2.09. The van der Waals surface area contributed by atoms with Crippen LogP contribution in [0, 0.1) is 0 Å². The molecule has 1 aliphatic heterocycles. The zero-order chi connectivity index (χ0) is 19.4. The van der Waals surface area contributed by atoms with Crippen LogP contribution in [0.25, 0.3) is 0 Å². The van der Waals surface area contributed by atoms with Crippen molar-refractivity contribution in [1.82, 2.24) is 4.90 Å². The van der Waals surface area contributed by atoms with E-state index in [1.807, 2.05) is 0 Å². The average molecular weight is 395 g/mol. The molecule has 1 aromatic carbocycles. The van der Waals surface area contributed by atoms with Crippen LogP contribution in [0.2, 0.25) is 0 Å². The lowest BCUT2D eigenvalue weighted by molar-refractivity contribution is -0.140. The van der Waals surface area contributed by atoms with Crippen LogP contribution in [0.3, 0.4) is 0 Å². The molecule has 0 bridgehead atoms. The Labute approximate surface area is 159 Å². The van der Waals surface area contributed by atoms with Crippen molar-refractivity contribution >= 4 is 21.7 Å². The molecular formula is C19H25NO6S. The van der Waals surface area contributed by atoms with Crippen molar-refractivity contribution in [1.29, 1.82) is 0 Å². The van der Waals surface area contributed by atoms with Crippen LogP contribution in [0.4, 0.5) is 0 Å². The number of esters is 1. The molecule has 1 N–H and O–H groups in total. The summed E-state index contributed by atoms with van der Waals surface area (Å²) < 4.78 is 28.9. The summed E-state index contributed by atoms with van der Waals surface area (Å²) in [7, 11) is -3.12. The normalized spacial score (nSPS) is 22.3. The monoisotopic (exact) mass is 395 g/mol. The lowest BCUT2D eigenvalue weighted by atomic mass is 9.93. The van der Waals surface area contributed by atoms with Gasteiger partial charge in [0.05, 0.1) is 17.1 Å². The molecule has 1 aromatic rings. The van der Waals surface area contributed by atoms with Crippen LogP contribution in [0.15, 0.2) is 24.3 Å².